The molecular formula is C14H23NO6. The normalized spacial score (nSPS) is 27.6. The lowest BCUT2D eigenvalue weighted by Crippen LogP contribution is -2.95. The maximum Gasteiger partial charge on any atom is 0.351 e. The summed E-state index contributed by atoms with van der Waals surface area (Å²) in [7, 11) is 0. The summed E-state index contributed by atoms with van der Waals surface area (Å²) >= 11 is 0. The fraction of sp³-hybridized carbons (Fsp3) is 0.786. The van der Waals surface area contributed by atoms with E-state index >= 15 is 0 Å². The van der Waals surface area contributed by atoms with Gasteiger partial charge in [0.1, 0.15) is 5.92 Å². The first-order chi connectivity index (χ1) is 9.95. The van der Waals surface area contributed by atoms with Gasteiger partial charge >= 0.3 is 11.9 Å². The topological polar surface area (TPSA) is 120 Å². The van der Waals surface area contributed by atoms with Crippen LogP contribution in [0.1, 0.15) is 39.0 Å². The van der Waals surface area contributed by atoms with E-state index in [0.29, 0.717) is 6.61 Å². The van der Waals surface area contributed by atoms with Crippen LogP contribution in [0.2, 0.25) is 0 Å². The number of fused-ring (bicyclic) bond motifs is 1. The molecule has 0 spiro atoms. The predicted octanol–water partition coefficient (Wildman–Crippen LogP) is -1.49. The molecule has 0 bridgehead atoms. The van der Waals surface area contributed by atoms with Gasteiger partial charge < -0.3 is 25.1 Å². The molecule has 7 nitrogen and oxygen atoms in total. The SMILES string of the molecule is CCOC(=O)C1C[NH2+]C2CCCCC2C1.O=C([O-])C(=O)O. The molecule has 1 aliphatic carbocycles. The maximum absolute atomic E-state index is 11.6. The van der Waals surface area contributed by atoms with Crippen LogP contribution in [0.15, 0.2) is 0 Å². The molecule has 0 radical (unpaired) electrons. The van der Waals surface area contributed by atoms with Gasteiger partial charge in [-0.25, -0.2) is 4.79 Å². The van der Waals surface area contributed by atoms with E-state index in [1.54, 1.807) is 0 Å². The standard InChI is InChI=1S/C12H21NO2.C2H2O4/c1-2-15-12(14)10-7-9-5-3-4-6-11(9)13-8-10;3-1(4)2(5)6/h9-11,13H,2-8H2,1H3;(H,3,4)(H,5,6). The number of carbonyl (C=O) groups is 3. The second-order valence-electron chi connectivity index (χ2n) is 5.46. The van der Waals surface area contributed by atoms with Gasteiger partial charge in [0.25, 0.3) is 0 Å². The fourth-order valence-electron chi connectivity index (χ4n) is 3.09. The van der Waals surface area contributed by atoms with Crippen LogP contribution in [-0.2, 0) is 19.1 Å². The van der Waals surface area contributed by atoms with Crippen molar-refractivity contribution in [2.75, 3.05) is 13.2 Å². The van der Waals surface area contributed by atoms with Crippen molar-refractivity contribution < 1.29 is 34.7 Å². The minimum absolute atomic E-state index is 0.0257. The largest absolute Gasteiger partial charge is 0.539 e. The summed E-state index contributed by atoms with van der Waals surface area (Å²) in [5.74, 6) is -3.06. The Labute approximate surface area is 123 Å². The van der Waals surface area contributed by atoms with Crippen LogP contribution in [0, 0.1) is 11.8 Å². The molecular weight excluding hydrogens is 278 g/mol. The molecule has 0 amide bonds. The lowest BCUT2D eigenvalue weighted by molar-refractivity contribution is -0.711. The first kappa shape index (κ1) is 17.4. The number of rotatable bonds is 2. The van der Waals surface area contributed by atoms with Crippen LogP contribution in [-0.4, -0.2) is 42.2 Å². The predicted molar refractivity (Wildman–Crippen MR) is 69.9 cm³/mol. The number of quaternary nitrogens is 1. The van der Waals surface area contributed by atoms with Gasteiger partial charge in [-0.15, -0.1) is 0 Å². The summed E-state index contributed by atoms with van der Waals surface area (Å²) < 4.78 is 5.10. The van der Waals surface area contributed by atoms with E-state index in [4.69, 9.17) is 24.5 Å². The van der Waals surface area contributed by atoms with Crippen molar-refractivity contribution in [3.05, 3.63) is 0 Å². The van der Waals surface area contributed by atoms with E-state index in [1.807, 2.05) is 6.92 Å². The van der Waals surface area contributed by atoms with Crippen molar-refractivity contribution in [1.29, 1.82) is 0 Å². The number of carboxylic acids is 2. The van der Waals surface area contributed by atoms with Crippen LogP contribution < -0.4 is 10.4 Å². The Morgan fingerprint density at radius 3 is 2.48 bits per heavy atom. The van der Waals surface area contributed by atoms with Crippen LogP contribution in [0.4, 0.5) is 0 Å². The Morgan fingerprint density at radius 1 is 1.29 bits per heavy atom. The van der Waals surface area contributed by atoms with Gasteiger partial charge in [0.2, 0.25) is 0 Å². The maximum atomic E-state index is 11.6. The third-order valence-electron chi connectivity index (χ3n) is 4.07. The molecule has 21 heavy (non-hydrogen) atoms. The zero-order valence-corrected chi connectivity index (χ0v) is 12.2. The quantitative estimate of drug-likeness (QED) is 0.474. The Morgan fingerprint density at radius 2 is 1.90 bits per heavy atom. The third-order valence-corrected chi connectivity index (χ3v) is 4.07. The smallest absolute Gasteiger partial charge is 0.351 e. The van der Waals surface area contributed by atoms with Gasteiger partial charge in [0, 0.05) is 5.92 Å². The first-order valence-electron chi connectivity index (χ1n) is 7.39. The van der Waals surface area contributed by atoms with Gasteiger partial charge in [-0.2, -0.15) is 0 Å². The van der Waals surface area contributed by atoms with Crippen LogP contribution >= 0.6 is 0 Å². The van der Waals surface area contributed by atoms with Crippen molar-refractivity contribution >= 4 is 17.9 Å². The van der Waals surface area contributed by atoms with Crippen molar-refractivity contribution in [2.45, 2.75) is 45.1 Å². The lowest BCUT2D eigenvalue weighted by Gasteiger charge is -2.36. The Kier molecular flexibility index (Phi) is 7.14. The average Bonchev–Trinajstić information content (AvgIpc) is 2.47. The molecule has 0 aromatic heterocycles. The molecule has 1 saturated heterocycles. The zero-order chi connectivity index (χ0) is 15.8. The van der Waals surface area contributed by atoms with Crippen LogP contribution in [0.5, 0.6) is 0 Å². The van der Waals surface area contributed by atoms with Crippen molar-refractivity contribution in [3.8, 4) is 0 Å². The van der Waals surface area contributed by atoms with E-state index in [9.17, 15) is 4.79 Å². The third kappa shape index (κ3) is 5.71. The highest BCUT2D eigenvalue weighted by Crippen LogP contribution is 2.30. The first-order valence-corrected chi connectivity index (χ1v) is 7.39. The van der Waals surface area contributed by atoms with E-state index in [1.165, 1.54) is 25.7 Å². The molecule has 1 heterocycles. The van der Waals surface area contributed by atoms with Crippen molar-refractivity contribution in [2.24, 2.45) is 11.8 Å². The molecule has 2 aliphatic rings. The minimum atomic E-state index is -2.07. The molecule has 0 aromatic rings. The number of carboxylic acid groups (broad SMARTS) is 2. The molecule has 2 fully saturated rings. The van der Waals surface area contributed by atoms with Crippen molar-refractivity contribution in [3.63, 3.8) is 0 Å². The number of aliphatic carboxylic acids is 2. The van der Waals surface area contributed by atoms with E-state index in [-0.39, 0.29) is 11.9 Å². The Balaban J connectivity index is 0.000000315. The number of hydrogen-bond donors (Lipinski definition) is 2. The average molecular weight is 301 g/mol. The second-order valence-corrected chi connectivity index (χ2v) is 5.46. The van der Waals surface area contributed by atoms with E-state index in [2.05, 4.69) is 5.32 Å². The molecule has 1 aliphatic heterocycles. The number of piperidine rings is 1. The highest BCUT2D eigenvalue weighted by Gasteiger charge is 2.38. The van der Waals surface area contributed by atoms with Crippen LogP contribution in [0.25, 0.3) is 0 Å². The molecule has 1 saturated carbocycles. The lowest BCUT2D eigenvalue weighted by atomic mass is 9.76. The summed E-state index contributed by atoms with van der Waals surface area (Å²) in [6, 6.07) is 0.796. The summed E-state index contributed by atoms with van der Waals surface area (Å²) in [5.41, 5.74) is 0. The summed E-state index contributed by atoms with van der Waals surface area (Å²) in [4.78, 5) is 29.7. The summed E-state index contributed by atoms with van der Waals surface area (Å²) in [6.07, 6.45) is 6.46. The number of esters is 1. The van der Waals surface area contributed by atoms with Crippen molar-refractivity contribution in [1.82, 2.24) is 0 Å². The van der Waals surface area contributed by atoms with Gasteiger partial charge in [0.15, 0.2) is 5.97 Å². The number of ether oxygens (including phenoxy) is 1. The fourth-order valence-corrected chi connectivity index (χ4v) is 3.09. The highest BCUT2D eigenvalue weighted by molar-refractivity contribution is 6.26. The number of hydrogen-bond acceptors (Lipinski definition) is 5. The Hall–Kier alpha value is -1.63. The zero-order valence-electron chi connectivity index (χ0n) is 12.2. The molecule has 3 unspecified atom stereocenters. The Bertz CT molecular complexity index is 372. The van der Waals surface area contributed by atoms with E-state index in [0.717, 1.165) is 24.9 Å². The van der Waals surface area contributed by atoms with Gasteiger partial charge in [0.05, 0.1) is 19.2 Å². The van der Waals surface area contributed by atoms with Gasteiger partial charge in [-0.05, 0) is 32.6 Å². The summed E-state index contributed by atoms with van der Waals surface area (Å²) in [6.45, 7) is 3.34. The molecule has 3 atom stereocenters. The number of nitrogens with two attached hydrogens (primary N) is 1. The highest BCUT2D eigenvalue weighted by atomic mass is 16.5. The molecule has 0 aromatic carbocycles. The van der Waals surface area contributed by atoms with E-state index < -0.39 is 11.9 Å². The molecule has 3 N–H and O–H groups in total. The second kappa shape index (κ2) is 8.61. The van der Waals surface area contributed by atoms with Gasteiger partial charge in [-0.1, -0.05) is 6.42 Å². The van der Waals surface area contributed by atoms with Crippen LogP contribution in [0.3, 0.4) is 0 Å². The molecule has 2 rings (SSSR count). The molecule has 7 heteroatoms. The molecule has 120 valence electrons. The minimum Gasteiger partial charge on any atom is -0.539 e. The monoisotopic (exact) mass is 301 g/mol. The number of carbonyl (C=O) groups excluding carboxylic acids is 2. The van der Waals surface area contributed by atoms with Gasteiger partial charge in [-0.3, -0.25) is 4.79 Å². The summed E-state index contributed by atoms with van der Waals surface area (Å²) in [5, 5.41) is 18.7.